The van der Waals surface area contributed by atoms with Gasteiger partial charge in [0, 0.05) is 0 Å². The summed E-state index contributed by atoms with van der Waals surface area (Å²) >= 11 is 0. The molecule has 0 bridgehead atoms. The molecular formula is C9H8F3NO4S. The second-order valence-corrected chi connectivity index (χ2v) is 5.26. The first kappa shape index (κ1) is 14.3. The van der Waals surface area contributed by atoms with Gasteiger partial charge in [-0.3, -0.25) is 5.32 Å². The number of carbonyl (C=O) groups is 1. The molecule has 1 aromatic rings. The number of alkyl halides is 3. The van der Waals surface area contributed by atoms with E-state index in [1.807, 2.05) is 0 Å². The fraction of sp³-hybridized carbons (Fsp3) is 0.222. The lowest BCUT2D eigenvalue weighted by molar-refractivity contribution is -0.134. The number of halogens is 3. The Bertz CT molecular complexity index is 526. The maximum absolute atomic E-state index is 12.6. The minimum absolute atomic E-state index is 0.610. The van der Waals surface area contributed by atoms with Crippen molar-refractivity contribution in [3.05, 3.63) is 30.3 Å². The highest BCUT2D eigenvalue weighted by atomic mass is 32.2. The second kappa shape index (κ2) is 4.84. The van der Waals surface area contributed by atoms with Crippen molar-refractivity contribution < 1.29 is 31.5 Å². The van der Waals surface area contributed by atoms with E-state index < -0.39 is 32.4 Å². The Hall–Kier alpha value is -1.77. The zero-order valence-electron chi connectivity index (χ0n) is 8.68. The Kier molecular flexibility index (Phi) is 3.85. The van der Waals surface area contributed by atoms with Crippen LogP contribution in [0.4, 0.5) is 18.0 Å². The Labute approximate surface area is 100 Å². The number of sulfone groups is 1. The number of rotatable bonds is 3. The zero-order chi connectivity index (χ0) is 14.0. The lowest BCUT2D eigenvalue weighted by atomic mass is 10.4. The van der Waals surface area contributed by atoms with Gasteiger partial charge in [-0.25, -0.2) is 13.2 Å². The third-order valence-corrected chi connectivity index (χ3v) is 3.87. The van der Waals surface area contributed by atoms with Gasteiger partial charge in [-0.1, -0.05) is 18.2 Å². The van der Waals surface area contributed by atoms with Crippen LogP contribution in [0.5, 0.6) is 0 Å². The van der Waals surface area contributed by atoms with Crippen molar-refractivity contribution in [3.63, 3.8) is 0 Å². The number of carboxylic acid groups (broad SMARTS) is 1. The molecule has 18 heavy (non-hydrogen) atoms. The summed E-state index contributed by atoms with van der Waals surface area (Å²) in [6.07, 6.45) is -7.32. The molecule has 1 amide bonds. The van der Waals surface area contributed by atoms with E-state index in [-0.39, 0.29) is 0 Å². The molecule has 9 heteroatoms. The number of hydrogen-bond acceptors (Lipinski definition) is 3. The summed E-state index contributed by atoms with van der Waals surface area (Å²) in [4.78, 5) is 9.65. The fourth-order valence-electron chi connectivity index (χ4n) is 1.19. The standard InChI is InChI=1S/C9H8F3NO4S/c10-9(11,12)7(13-8(14)15)18(16,17)6-4-2-1-3-5-6/h1-5,7,13H,(H,14,15). The van der Waals surface area contributed by atoms with Crippen molar-refractivity contribution in [2.24, 2.45) is 0 Å². The highest BCUT2D eigenvalue weighted by Crippen LogP contribution is 2.28. The lowest BCUT2D eigenvalue weighted by Gasteiger charge is -2.20. The van der Waals surface area contributed by atoms with E-state index in [1.165, 1.54) is 18.2 Å². The van der Waals surface area contributed by atoms with Gasteiger partial charge < -0.3 is 5.11 Å². The van der Waals surface area contributed by atoms with Gasteiger partial charge >= 0.3 is 12.3 Å². The topological polar surface area (TPSA) is 83.5 Å². The van der Waals surface area contributed by atoms with Gasteiger partial charge in [0.25, 0.3) is 0 Å². The summed E-state index contributed by atoms with van der Waals surface area (Å²) in [5, 5.41) is 6.05. The number of benzene rings is 1. The van der Waals surface area contributed by atoms with Gasteiger partial charge in [0.05, 0.1) is 4.90 Å². The van der Waals surface area contributed by atoms with Crippen LogP contribution in [-0.4, -0.2) is 31.2 Å². The van der Waals surface area contributed by atoms with Crippen LogP contribution in [0, 0.1) is 0 Å². The van der Waals surface area contributed by atoms with Crippen LogP contribution in [0.2, 0.25) is 0 Å². The number of hydrogen-bond donors (Lipinski definition) is 2. The molecule has 0 aliphatic heterocycles. The molecule has 0 spiro atoms. The average Bonchev–Trinajstić information content (AvgIpc) is 2.25. The van der Waals surface area contributed by atoms with E-state index in [9.17, 15) is 26.4 Å². The van der Waals surface area contributed by atoms with Crippen LogP contribution < -0.4 is 5.32 Å². The molecule has 1 unspecified atom stereocenters. The van der Waals surface area contributed by atoms with E-state index in [4.69, 9.17) is 5.11 Å². The Morgan fingerprint density at radius 2 is 1.72 bits per heavy atom. The molecule has 0 saturated heterocycles. The third-order valence-electron chi connectivity index (χ3n) is 1.93. The maximum Gasteiger partial charge on any atom is 0.423 e. The quantitative estimate of drug-likeness (QED) is 0.882. The van der Waals surface area contributed by atoms with Crippen molar-refractivity contribution in [1.82, 2.24) is 5.32 Å². The van der Waals surface area contributed by atoms with Crippen molar-refractivity contribution in [2.45, 2.75) is 16.4 Å². The number of nitrogens with one attached hydrogen (secondary N) is 1. The smallest absolute Gasteiger partial charge is 0.423 e. The Morgan fingerprint density at radius 3 is 2.11 bits per heavy atom. The molecule has 100 valence electrons. The minimum Gasteiger partial charge on any atom is -0.465 e. The van der Waals surface area contributed by atoms with Crippen molar-refractivity contribution in [3.8, 4) is 0 Å². The first-order chi connectivity index (χ1) is 8.15. The Morgan fingerprint density at radius 1 is 1.22 bits per heavy atom. The van der Waals surface area contributed by atoms with Gasteiger partial charge in [0.15, 0.2) is 0 Å². The summed E-state index contributed by atoms with van der Waals surface area (Å²) in [6.45, 7) is 0. The predicted octanol–water partition coefficient (Wildman–Crippen LogP) is 1.62. The number of amides is 1. The highest BCUT2D eigenvalue weighted by molar-refractivity contribution is 7.92. The zero-order valence-corrected chi connectivity index (χ0v) is 9.49. The Balaban J connectivity index is 3.25. The SMILES string of the molecule is O=C(O)NC(C(F)(F)F)S(=O)(=O)c1ccccc1. The molecule has 1 atom stereocenters. The van der Waals surface area contributed by atoms with Gasteiger partial charge in [0.1, 0.15) is 0 Å². The van der Waals surface area contributed by atoms with Crippen molar-refractivity contribution >= 4 is 15.9 Å². The van der Waals surface area contributed by atoms with Crippen LogP contribution in [0.1, 0.15) is 0 Å². The summed E-state index contributed by atoms with van der Waals surface area (Å²) < 4.78 is 61.0. The van der Waals surface area contributed by atoms with Crippen LogP contribution >= 0.6 is 0 Å². The summed E-state index contributed by atoms with van der Waals surface area (Å²) in [7, 11) is -4.87. The predicted molar refractivity (Wildman–Crippen MR) is 54.6 cm³/mol. The van der Waals surface area contributed by atoms with Crippen LogP contribution in [0.25, 0.3) is 0 Å². The van der Waals surface area contributed by atoms with Gasteiger partial charge in [-0.15, -0.1) is 0 Å². The van der Waals surface area contributed by atoms with Crippen LogP contribution in [0.3, 0.4) is 0 Å². The van der Waals surface area contributed by atoms with Crippen molar-refractivity contribution in [2.75, 3.05) is 0 Å². The lowest BCUT2D eigenvalue weighted by Crippen LogP contribution is -2.50. The molecule has 0 saturated carbocycles. The summed E-state index contributed by atoms with van der Waals surface area (Å²) in [5.74, 6) is 0. The maximum atomic E-state index is 12.6. The molecule has 0 heterocycles. The molecule has 0 radical (unpaired) electrons. The molecule has 5 nitrogen and oxygen atoms in total. The fourth-order valence-corrected chi connectivity index (χ4v) is 2.61. The van der Waals surface area contributed by atoms with Gasteiger partial charge in [0.2, 0.25) is 15.2 Å². The minimum atomic E-state index is -5.24. The van der Waals surface area contributed by atoms with E-state index >= 15 is 0 Å². The molecular weight excluding hydrogens is 275 g/mol. The van der Waals surface area contributed by atoms with E-state index in [2.05, 4.69) is 0 Å². The van der Waals surface area contributed by atoms with E-state index in [0.717, 1.165) is 17.4 Å². The van der Waals surface area contributed by atoms with E-state index in [1.54, 1.807) is 0 Å². The molecule has 0 aliphatic carbocycles. The molecule has 0 fully saturated rings. The van der Waals surface area contributed by atoms with Crippen LogP contribution in [-0.2, 0) is 9.84 Å². The molecule has 2 N–H and O–H groups in total. The van der Waals surface area contributed by atoms with Crippen LogP contribution in [0.15, 0.2) is 35.2 Å². The molecule has 0 aromatic heterocycles. The average molecular weight is 283 g/mol. The van der Waals surface area contributed by atoms with Gasteiger partial charge in [-0.2, -0.15) is 13.2 Å². The first-order valence-corrected chi connectivity index (χ1v) is 6.05. The second-order valence-electron chi connectivity index (χ2n) is 3.23. The third kappa shape index (κ3) is 3.13. The van der Waals surface area contributed by atoms with Gasteiger partial charge in [-0.05, 0) is 12.1 Å². The normalized spacial score (nSPS) is 13.9. The summed E-state index contributed by atoms with van der Waals surface area (Å²) in [6, 6.07) is 5.81. The molecule has 1 aromatic carbocycles. The first-order valence-electron chi connectivity index (χ1n) is 4.51. The summed E-state index contributed by atoms with van der Waals surface area (Å²) in [5.41, 5.74) is 0. The molecule has 1 rings (SSSR count). The highest BCUT2D eigenvalue weighted by Gasteiger charge is 2.50. The van der Waals surface area contributed by atoms with Crippen molar-refractivity contribution in [1.29, 1.82) is 0 Å². The molecule has 0 aliphatic rings. The van der Waals surface area contributed by atoms with E-state index in [0.29, 0.717) is 0 Å². The monoisotopic (exact) mass is 283 g/mol. The largest absolute Gasteiger partial charge is 0.465 e.